The maximum atomic E-state index is 12.8. The van der Waals surface area contributed by atoms with Crippen LogP contribution >= 0.6 is 0 Å². The van der Waals surface area contributed by atoms with Gasteiger partial charge in [-0.1, -0.05) is 54.6 Å². The highest BCUT2D eigenvalue weighted by Gasteiger charge is 2.28. The molecule has 0 N–H and O–H groups in total. The third-order valence-corrected chi connectivity index (χ3v) is 4.83. The van der Waals surface area contributed by atoms with Crippen molar-refractivity contribution in [3.8, 4) is 11.4 Å². The number of fused-ring (bicyclic) bond motifs is 1. The lowest BCUT2D eigenvalue weighted by molar-refractivity contribution is 0.0737. The Kier molecular flexibility index (Phi) is 4.02. The van der Waals surface area contributed by atoms with Gasteiger partial charge in [-0.2, -0.15) is 0 Å². The molecule has 0 saturated heterocycles. The predicted molar refractivity (Wildman–Crippen MR) is 97.2 cm³/mol. The number of carbonyl (C=O) groups excluding carboxylic acids is 1. The Morgan fingerprint density at radius 3 is 2.08 bits per heavy atom. The zero-order chi connectivity index (χ0) is 17.2. The summed E-state index contributed by atoms with van der Waals surface area (Å²) in [5.41, 5.74) is 4.14. The first-order valence-electron chi connectivity index (χ1n) is 8.44. The van der Waals surface area contributed by atoms with Gasteiger partial charge in [-0.3, -0.25) is 4.79 Å². The van der Waals surface area contributed by atoms with E-state index in [-0.39, 0.29) is 11.9 Å². The van der Waals surface area contributed by atoms with Gasteiger partial charge in [-0.25, -0.2) is 9.97 Å². The van der Waals surface area contributed by atoms with Gasteiger partial charge in [0.2, 0.25) is 0 Å². The minimum Gasteiger partial charge on any atom is -0.338 e. The van der Waals surface area contributed by atoms with E-state index < -0.39 is 0 Å². The van der Waals surface area contributed by atoms with E-state index >= 15 is 0 Å². The van der Waals surface area contributed by atoms with E-state index in [2.05, 4.69) is 34.2 Å². The van der Waals surface area contributed by atoms with Crippen molar-refractivity contribution in [2.75, 3.05) is 7.05 Å². The molecule has 0 bridgehead atoms. The standard InChI is InChI=1S/C21H19N3O/c1-24(19-11-16-9-5-6-10-17(16)12-19)21(25)18-13-22-20(23-14-18)15-7-3-2-4-8-15/h2-10,13-14,19H,11-12H2,1H3. The Balaban J connectivity index is 1.50. The van der Waals surface area contributed by atoms with Gasteiger partial charge in [0, 0.05) is 31.0 Å². The second kappa shape index (κ2) is 6.48. The lowest BCUT2D eigenvalue weighted by Gasteiger charge is -2.24. The van der Waals surface area contributed by atoms with Gasteiger partial charge in [0.05, 0.1) is 5.56 Å². The fourth-order valence-corrected chi connectivity index (χ4v) is 3.35. The summed E-state index contributed by atoms with van der Waals surface area (Å²) in [6, 6.07) is 18.4. The highest BCUT2D eigenvalue weighted by atomic mass is 16.2. The van der Waals surface area contributed by atoms with Crippen molar-refractivity contribution < 1.29 is 4.79 Å². The Labute approximate surface area is 147 Å². The van der Waals surface area contributed by atoms with E-state index in [1.54, 1.807) is 12.4 Å². The van der Waals surface area contributed by atoms with Gasteiger partial charge in [-0.15, -0.1) is 0 Å². The SMILES string of the molecule is CN(C(=O)c1cnc(-c2ccccc2)nc1)C1Cc2ccccc2C1. The first-order chi connectivity index (χ1) is 12.2. The van der Waals surface area contributed by atoms with Crippen LogP contribution in [0.4, 0.5) is 0 Å². The molecule has 0 fully saturated rings. The number of aromatic nitrogens is 2. The highest BCUT2D eigenvalue weighted by molar-refractivity contribution is 5.93. The third-order valence-electron chi connectivity index (χ3n) is 4.83. The zero-order valence-corrected chi connectivity index (χ0v) is 14.1. The molecule has 4 nitrogen and oxygen atoms in total. The number of carbonyl (C=O) groups is 1. The Bertz CT molecular complexity index is 866. The molecular weight excluding hydrogens is 310 g/mol. The number of hydrogen-bond donors (Lipinski definition) is 0. The molecule has 1 amide bonds. The average Bonchev–Trinajstić information content (AvgIpc) is 3.12. The van der Waals surface area contributed by atoms with Crippen LogP contribution in [0, 0.1) is 0 Å². The number of amides is 1. The van der Waals surface area contributed by atoms with E-state index in [0.29, 0.717) is 11.4 Å². The molecule has 4 heteroatoms. The molecular formula is C21H19N3O. The van der Waals surface area contributed by atoms with Crippen LogP contribution in [0.25, 0.3) is 11.4 Å². The van der Waals surface area contributed by atoms with Crippen molar-refractivity contribution in [2.24, 2.45) is 0 Å². The average molecular weight is 329 g/mol. The third kappa shape index (κ3) is 3.03. The molecule has 0 unspecified atom stereocenters. The maximum absolute atomic E-state index is 12.8. The number of benzene rings is 2. The van der Waals surface area contributed by atoms with Crippen molar-refractivity contribution in [1.29, 1.82) is 0 Å². The van der Waals surface area contributed by atoms with E-state index in [9.17, 15) is 4.79 Å². The van der Waals surface area contributed by atoms with Crippen LogP contribution in [0.5, 0.6) is 0 Å². The summed E-state index contributed by atoms with van der Waals surface area (Å²) in [4.78, 5) is 23.3. The van der Waals surface area contributed by atoms with Crippen molar-refractivity contribution in [3.63, 3.8) is 0 Å². The number of hydrogen-bond acceptors (Lipinski definition) is 3. The molecule has 0 aliphatic heterocycles. The number of likely N-dealkylation sites (N-methyl/N-ethyl adjacent to an activating group) is 1. The van der Waals surface area contributed by atoms with Gasteiger partial charge < -0.3 is 4.90 Å². The fraction of sp³-hybridized carbons (Fsp3) is 0.190. The second-order valence-corrected chi connectivity index (χ2v) is 6.41. The van der Waals surface area contributed by atoms with Crippen LogP contribution < -0.4 is 0 Å². The fourth-order valence-electron chi connectivity index (χ4n) is 3.35. The summed E-state index contributed by atoms with van der Waals surface area (Å²) in [7, 11) is 1.87. The van der Waals surface area contributed by atoms with E-state index in [4.69, 9.17) is 0 Å². The van der Waals surface area contributed by atoms with Crippen molar-refractivity contribution in [3.05, 3.63) is 83.7 Å². The zero-order valence-electron chi connectivity index (χ0n) is 14.1. The van der Waals surface area contributed by atoms with Crippen LogP contribution in [-0.2, 0) is 12.8 Å². The quantitative estimate of drug-likeness (QED) is 0.740. The minimum absolute atomic E-state index is 0.0302. The van der Waals surface area contributed by atoms with Gasteiger partial charge in [-0.05, 0) is 24.0 Å². The molecule has 124 valence electrons. The first kappa shape index (κ1) is 15.5. The summed E-state index contributed by atoms with van der Waals surface area (Å²) < 4.78 is 0. The molecule has 1 aliphatic rings. The van der Waals surface area contributed by atoms with E-state index in [1.807, 2.05) is 42.3 Å². The lowest BCUT2D eigenvalue weighted by Crippen LogP contribution is -2.37. The summed E-state index contributed by atoms with van der Waals surface area (Å²) >= 11 is 0. The second-order valence-electron chi connectivity index (χ2n) is 6.41. The van der Waals surface area contributed by atoms with Crippen LogP contribution in [0.3, 0.4) is 0 Å². The number of rotatable bonds is 3. The molecule has 0 radical (unpaired) electrons. The Morgan fingerprint density at radius 2 is 1.48 bits per heavy atom. The van der Waals surface area contributed by atoms with E-state index in [0.717, 1.165) is 18.4 Å². The smallest absolute Gasteiger partial charge is 0.257 e. The molecule has 4 rings (SSSR count). The van der Waals surface area contributed by atoms with Gasteiger partial charge in [0.25, 0.3) is 5.91 Å². The molecule has 0 atom stereocenters. The minimum atomic E-state index is -0.0302. The van der Waals surface area contributed by atoms with Gasteiger partial charge >= 0.3 is 0 Å². The molecule has 25 heavy (non-hydrogen) atoms. The molecule has 0 spiro atoms. The van der Waals surface area contributed by atoms with E-state index in [1.165, 1.54) is 11.1 Å². The van der Waals surface area contributed by atoms with Gasteiger partial charge in [0.1, 0.15) is 0 Å². The van der Waals surface area contributed by atoms with Gasteiger partial charge in [0.15, 0.2) is 5.82 Å². The predicted octanol–water partition coefficient (Wildman–Crippen LogP) is 3.38. The first-order valence-corrected chi connectivity index (χ1v) is 8.44. The normalized spacial score (nSPS) is 13.5. The summed E-state index contributed by atoms with van der Waals surface area (Å²) in [5, 5.41) is 0. The van der Waals surface area contributed by atoms with Crippen LogP contribution in [0.1, 0.15) is 21.5 Å². The molecule has 2 aromatic carbocycles. The summed E-state index contributed by atoms with van der Waals surface area (Å²) in [5.74, 6) is 0.602. The Hall–Kier alpha value is -3.01. The number of nitrogens with zero attached hydrogens (tertiary/aromatic N) is 3. The monoisotopic (exact) mass is 329 g/mol. The van der Waals surface area contributed by atoms with Crippen LogP contribution in [0.15, 0.2) is 67.0 Å². The molecule has 1 aliphatic carbocycles. The van der Waals surface area contributed by atoms with Crippen molar-refractivity contribution in [1.82, 2.24) is 14.9 Å². The van der Waals surface area contributed by atoms with Crippen molar-refractivity contribution in [2.45, 2.75) is 18.9 Å². The largest absolute Gasteiger partial charge is 0.338 e. The molecule has 3 aromatic rings. The maximum Gasteiger partial charge on any atom is 0.257 e. The highest BCUT2D eigenvalue weighted by Crippen LogP contribution is 2.25. The van der Waals surface area contributed by atoms with Crippen LogP contribution in [-0.4, -0.2) is 33.9 Å². The lowest BCUT2D eigenvalue weighted by atomic mass is 10.1. The van der Waals surface area contributed by atoms with Crippen molar-refractivity contribution >= 4 is 5.91 Å². The summed E-state index contributed by atoms with van der Waals surface area (Å²) in [6.45, 7) is 0. The molecule has 1 aromatic heterocycles. The molecule has 1 heterocycles. The Morgan fingerprint density at radius 1 is 0.920 bits per heavy atom. The van der Waals surface area contributed by atoms with Crippen LogP contribution in [0.2, 0.25) is 0 Å². The topological polar surface area (TPSA) is 46.1 Å². The summed E-state index contributed by atoms with van der Waals surface area (Å²) in [6.07, 6.45) is 5.05. The molecule has 0 saturated carbocycles.